The average Bonchev–Trinajstić information content (AvgIpc) is 2.04. The third kappa shape index (κ3) is 2.54. The van der Waals surface area contributed by atoms with Crippen LogP contribution in [0.5, 0.6) is 0 Å². The van der Waals surface area contributed by atoms with Crippen LogP contribution in [0.15, 0.2) is 29.2 Å². The van der Waals surface area contributed by atoms with Gasteiger partial charge in [-0.3, -0.25) is 0 Å². The molecule has 0 aliphatic heterocycles. The molecule has 1 aromatic rings. The number of hydrogen-bond acceptors (Lipinski definition) is 2. The minimum Gasteiger partial charge on any atom is -0.305 e. The molecule has 0 aromatic heterocycles. The Morgan fingerprint density at radius 3 is 2.50 bits per heavy atom. The molecule has 0 bridgehead atoms. The minimum atomic E-state index is 1.02. The molecule has 0 saturated heterocycles. The number of rotatable bonds is 3. The fourth-order valence-corrected chi connectivity index (χ4v) is 1.78. The second-order valence-electron chi connectivity index (χ2n) is 3.05. The van der Waals surface area contributed by atoms with Crippen LogP contribution in [0.25, 0.3) is 0 Å². The van der Waals surface area contributed by atoms with Crippen molar-refractivity contribution in [2.45, 2.75) is 11.4 Å². The molecule has 0 radical (unpaired) electrons. The second kappa shape index (κ2) is 4.53. The zero-order valence-corrected chi connectivity index (χ0v) is 8.69. The summed E-state index contributed by atoms with van der Waals surface area (Å²) in [4.78, 5) is 3.57. The molecule has 0 unspecified atom stereocenters. The fourth-order valence-electron chi connectivity index (χ4n) is 1.17. The van der Waals surface area contributed by atoms with Gasteiger partial charge < -0.3 is 4.90 Å². The van der Waals surface area contributed by atoms with E-state index in [2.05, 4.69) is 49.5 Å². The maximum Gasteiger partial charge on any atom is 0.0238 e. The van der Waals surface area contributed by atoms with Crippen LogP contribution in [0.1, 0.15) is 5.56 Å². The molecule has 0 atom stereocenters. The highest BCUT2D eigenvalue weighted by atomic mass is 32.2. The highest BCUT2D eigenvalue weighted by molar-refractivity contribution is 7.98. The molecule has 0 aliphatic rings. The first-order valence-corrected chi connectivity index (χ1v) is 5.23. The second-order valence-corrected chi connectivity index (χ2v) is 3.90. The third-order valence-electron chi connectivity index (χ3n) is 1.68. The van der Waals surface area contributed by atoms with Gasteiger partial charge in [0.15, 0.2) is 0 Å². The van der Waals surface area contributed by atoms with Gasteiger partial charge in [-0.1, -0.05) is 18.2 Å². The highest BCUT2D eigenvalue weighted by Crippen LogP contribution is 2.20. The van der Waals surface area contributed by atoms with Crippen LogP contribution < -0.4 is 0 Å². The van der Waals surface area contributed by atoms with Crippen LogP contribution in [0.4, 0.5) is 0 Å². The van der Waals surface area contributed by atoms with Crippen LogP contribution >= 0.6 is 11.8 Å². The lowest BCUT2D eigenvalue weighted by atomic mass is 10.2. The molecule has 0 spiro atoms. The maximum absolute atomic E-state index is 2.19. The van der Waals surface area contributed by atoms with Gasteiger partial charge in [0.2, 0.25) is 0 Å². The Morgan fingerprint density at radius 2 is 1.92 bits per heavy atom. The largest absolute Gasteiger partial charge is 0.305 e. The number of thioether (sulfide) groups is 1. The molecule has 1 rings (SSSR count). The Balaban J connectivity index is 2.82. The van der Waals surface area contributed by atoms with Gasteiger partial charge in [-0.25, -0.2) is 0 Å². The summed E-state index contributed by atoms with van der Waals surface area (Å²) in [6, 6.07) is 8.54. The van der Waals surface area contributed by atoms with E-state index in [1.807, 2.05) is 11.8 Å². The molecule has 0 fully saturated rings. The maximum atomic E-state index is 2.19. The van der Waals surface area contributed by atoms with Crippen molar-refractivity contribution in [3.63, 3.8) is 0 Å². The van der Waals surface area contributed by atoms with E-state index < -0.39 is 0 Å². The molecule has 66 valence electrons. The molecule has 1 aromatic carbocycles. The zero-order valence-electron chi connectivity index (χ0n) is 7.87. The molecule has 0 amide bonds. The van der Waals surface area contributed by atoms with E-state index in [4.69, 9.17) is 0 Å². The van der Waals surface area contributed by atoms with Gasteiger partial charge in [0, 0.05) is 11.4 Å². The van der Waals surface area contributed by atoms with Crippen molar-refractivity contribution in [3.05, 3.63) is 29.8 Å². The monoisotopic (exact) mass is 181 g/mol. The Hall–Kier alpha value is -0.470. The average molecular weight is 181 g/mol. The predicted octanol–water partition coefficient (Wildman–Crippen LogP) is 2.47. The van der Waals surface area contributed by atoms with E-state index in [-0.39, 0.29) is 0 Å². The summed E-state index contributed by atoms with van der Waals surface area (Å²) >= 11 is 1.81. The summed E-state index contributed by atoms with van der Waals surface area (Å²) in [6.45, 7) is 1.02. The fraction of sp³-hybridized carbons (Fsp3) is 0.400. The predicted molar refractivity (Wildman–Crippen MR) is 55.6 cm³/mol. The molecular weight excluding hydrogens is 166 g/mol. The van der Waals surface area contributed by atoms with Crippen LogP contribution in [0, 0.1) is 0 Å². The summed E-state index contributed by atoms with van der Waals surface area (Å²) in [7, 11) is 4.19. The lowest BCUT2D eigenvalue weighted by molar-refractivity contribution is 0.399. The molecule has 2 heteroatoms. The van der Waals surface area contributed by atoms with Crippen molar-refractivity contribution in [1.82, 2.24) is 4.90 Å². The molecule has 0 N–H and O–H groups in total. The summed E-state index contributed by atoms with van der Waals surface area (Å²) in [5.41, 5.74) is 1.41. The van der Waals surface area contributed by atoms with Crippen molar-refractivity contribution in [3.8, 4) is 0 Å². The first-order valence-electron chi connectivity index (χ1n) is 4.00. The highest BCUT2D eigenvalue weighted by Gasteiger charge is 2.00. The lowest BCUT2D eigenvalue weighted by Gasteiger charge is -2.12. The van der Waals surface area contributed by atoms with E-state index in [9.17, 15) is 0 Å². The standard InChI is InChI=1S/C10H15NS/c1-11(2)8-9-6-4-5-7-10(9)12-3/h4-7H,8H2,1-3H3. The van der Waals surface area contributed by atoms with Crippen molar-refractivity contribution in [1.29, 1.82) is 0 Å². The summed E-state index contributed by atoms with van der Waals surface area (Å²) < 4.78 is 0. The summed E-state index contributed by atoms with van der Waals surface area (Å²) in [6.07, 6.45) is 2.12. The van der Waals surface area contributed by atoms with Crippen LogP contribution in [-0.4, -0.2) is 25.3 Å². The van der Waals surface area contributed by atoms with Gasteiger partial charge >= 0.3 is 0 Å². The minimum absolute atomic E-state index is 1.02. The van der Waals surface area contributed by atoms with E-state index in [1.54, 1.807) is 0 Å². The Bertz CT molecular complexity index is 245. The van der Waals surface area contributed by atoms with Crippen molar-refractivity contribution in [2.75, 3.05) is 20.4 Å². The Morgan fingerprint density at radius 1 is 1.25 bits per heavy atom. The van der Waals surface area contributed by atoms with Gasteiger partial charge in [-0.2, -0.15) is 0 Å². The number of benzene rings is 1. The summed E-state index contributed by atoms with van der Waals surface area (Å²) in [5.74, 6) is 0. The quantitative estimate of drug-likeness (QED) is 0.659. The molecule has 1 nitrogen and oxygen atoms in total. The van der Waals surface area contributed by atoms with E-state index in [0.29, 0.717) is 0 Å². The molecule has 0 heterocycles. The van der Waals surface area contributed by atoms with Gasteiger partial charge in [-0.15, -0.1) is 11.8 Å². The Kier molecular flexibility index (Phi) is 3.63. The van der Waals surface area contributed by atoms with Crippen LogP contribution in [-0.2, 0) is 6.54 Å². The van der Waals surface area contributed by atoms with Crippen LogP contribution in [0.2, 0.25) is 0 Å². The van der Waals surface area contributed by atoms with Gasteiger partial charge in [0.05, 0.1) is 0 Å². The number of hydrogen-bond donors (Lipinski definition) is 0. The number of nitrogens with zero attached hydrogens (tertiary/aromatic N) is 1. The van der Waals surface area contributed by atoms with E-state index >= 15 is 0 Å². The molecular formula is C10H15NS. The summed E-state index contributed by atoms with van der Waals surface area (Å²) in [5, 5.41) is 0. The third-order valence-corrected chi connectivity index (χ3v) is 2.52. The van der Waals surface area contributed by atoms with Crippen molar-refractivity contribution in [2.24, 2.45) is 0 Å². The van der Waals surface area contributed by atoms with E-state index in [0.717, 1.165) is 6.54 Å². The first-order chi connectivity index (χ1) is 5.74. The van der Waals surface area contributed by atoms with Crippen molar-refractivity contribution >= 4 is 11.8 Å². The Labute approximate surface area is 78.8 Å². The topological polar surface area (TPSA) is 3.24 Å². The lowest BCUT2D eigenvalue weighted by Crippen LogP contribution is -2.11. The van der Waals surface area contributed by atoms with Gasteiger partial charge in [0.25, 0.3) is 0 Å². The molecule has 0 aliphatic carbocycles. The zero-order chi connectivity index (χ0) is 8.97. The normalized spacial score (nSPS) is 10.7. The SMILES string of the molecule is CSc1ccccc1CN(C)C. The molecule has 12 heavy (non-hydrogen) atoms. The van der Waals surface area contributed by atoms with Crippen molar-refractivity contribution < 1.29 is 0 Å². The molecule has 0 saturated carbocycles. The van der Waals surface area contributed by atoms with E-state index in [1.165, 1.54) is 10.5 Å². The van der Waals surface area contributed by atoms with Gasteiger partial charge in [-0.05, 0) is 32.0 Å². The first kappa shape index (κ1) is 9.62. The van der Waals surface area contributed by atoms with Gasteiger partial charge in [0.1, 0.15) is 0 Å². The van der Waals surface area contributed by atoms with Crippen LogP contribution in [0.3, 0.4) is 0 Å². The smallest absolute Gasteiger partial charge is 0.0238 e.